The van der Waals surface area contributed by atoms with Gasteiger partial charge in [0.2, 0.25) is 0 Å². The fourth-order valence-electron chi connectivity index (χ4n) is 2.06. The van der Waals surface area contributed by atoms with Crippen molar-refractivity contribution in [3.8, 4) is 5.75 Å². The van der Waals surface area contributed by atoms with Gasteiger partial charge in [0, 0.05) is 26.2 Å². The zero-order valence-corrected chi connectivity index (χ0v) is 12.8. The summed E-state index contributed by atoms with van der Waals surface area (Å²) < 4.78 is 10.4. The van der Waals surface area contributed by atoms with Crippen LogP contribution in [0.3, 0.4) is 0 Å². The van der Waals surface area contributed by atoms with E-state index in [1.54, 1.807) is 29.2 Å². The summed E-state index contributed by atoms with van der Waals surface area (Å²) in [7, 11) is 0. The van der Waals surface area contributed by atoms with Gasteiger partial charge in [-0.25, -0.2) is 9.59 Å². The first kappa shape index (κ1) is 16.3. The molecule has 0 spiro atoms. The van der Waals surface area contributed by atoms with Gasteiger partial charge in [0.25, 0.3) is 0 Å². The second-order valence-electron chi connectivity index (χ2n) is 5.12. The number of hydrogen-bond donors (Lipinski definition) is 1. The third-order valence-corrected chi connectivity index (χ3v) is 3.40. The van der Waals surface area contributed by atoms with Crippen molar-refractivity contribution in [3.63, 3.8) is 0 Å². The van der Waals surface area contributed by atoms with E-state index in [9.17, 15) is 9.59 Å². The van der Waals surface area contributed by atoms with Crippen molar-refractivity contribution in [1.29, 1.82) is 0 Å². The van der Waals surface area contributed by atoms with Crippen molar-refractivity contribution in [2.24, 2.45) is 0 Å². The zero-order chi connectivity index (χ0) is 15.8. The van der Waals surface area contributed by atoms with Gasteiger partial charge in [-0.3, -0.25) is 0 Å². The molecule has 0 aromatic heterocycles. The van der Waals surface area contributed by atoms with E-state index in [0.29, 0.717) is 31.0 Å². The van der Waals surface area contributed by atoms with Crippen molar-refractivity contribution < 1.29 is 19.1 Å². The lowest BCUT2D eigenvalue weighted by Crippen LogP contribution is -2.47. The van der Waals surface area contributed by atoms with Gasteiger partial charge in [-0.2, -0.15) is 0 Å². The molecule has 0 unspecified atom stereocenters. The summed E-state index contributed by atoms with van der Waals surface area (Å²) in [5.41, 5.74) is 0.457. The minimum Gasteiger partial charge on any atom is -0.462 e. The van der Waals surface area contributed by atoms with Gasteiger partial charge >= 0.3 is 12.1 Å². The summed E-state index contributed by atoms with van der Waals surface area (Å²) >= 11 is 0. The second-order valence-corrected chi connectivity index (χ2v) is 5.12. The molecule has 0 radical (unpaired) electrons. The standard InChI is InChI=1S/C16H22N2O4/c1-2-3-12-21-15(19)13-4-6-14(7-5-13)22-16(20)18-10-8-17-9-11-18/h4-7,17H,2-3,8-12H2,1H3. The molecule has 1 saturated heterocycles. The first-order valence-electron chi connectivity index (χ1n) is 7.65. The number of carbonyl (C=O) groups excluding carboxylic acids is 2. The highest BCUT2D eigenvalue weighted by Crippen LogP contribution is 2.14. The van der Waals surface area contributed by atoms with Crippen molar-refractivity contribution >= 4 is 12.1 Å². The summed E-state index contributed by atoms with van der Waals surface area (Å²) in [6.45, 7) is 5.29. The van der Waals surface area contributed by atoms with Gasteiger partial charge in [0.15, 0.2) is 0 Å². The monoisotopic (exact) mass is 306 g/mol. The Hall–Kier alpha value is -2.08. The SMILES string of the molecule is CCCCOC(=O)c1ccc(OC(=O)N2CCNCC2)cc1. The lowest BCUT2D eigenvalue weighted by molar-refractivity contribution is 0.0499. The molecular formula is C16H22N2O4. The van der Waals surface area contributed by atoms with Crippen molar-refractivity contribution in [3.05, 3.63) is 29.8 Å². The molecule has 0 saturated carbocycles. The molecule has 1 aliphatic heterocycles. The van der Waals surface area contributed by atoms with Crippen LogP contribution in [0.4, 0.5) is 4.79 Å². The summed E-state index contributed by atoms with van der Waals surface area (Å²) in [6.07, 6.45) is 1.47. The number of esters is 1. The molecule has 120 valence electrons. The van der Waals surface area contributed by atoms with Crippen LogP contribution in [-0.4, -0.2) is 49.7 Å². The maximum atomic E-state index is 11.9. The van der Waals surface area contributed by atoms with Crippen molar-refractivity contribution in [1.82, 2.24) is 10.2 Å². The van der Waals surface area contributed by atoms with Gasteiger partial charge in [-0.15, -0.1) is 0 Å². The number of amides is 1. The summed E-state index contributed by atoms with van der Waals surface area (Å²) in [4.78, 5) is 25.4. The number of nitrogens with zero attached hydrogens (tertiary/aromatic N) is 1. The van der Waals surface area contributed by atoms with E-state index in [-0.39, 0.29) is 12.1 Å². The van der Waals surface area contributed by atoms with Crippen LogP contribution in [0.2, 0.25) is 0 Å². The Morgan fingerprint density at radius 3 is 2.50 bits per heavy atom. The van der Waals surface area contributed by atoms with Crippen LogP contribution in [-0.2, 0) is 4.74 Å². The first-order chi connectivity index (χ1) is 10.7. The third kappa shape index (κ3) is 4.73. The molecule has 0 atom stereocenters. The average Bonchev–Trinajstić information content (AvgIpc) is 2.56. The Kier molecular flexibility index (Phi) is 6.21. The Morgan fingerprint density at radius 2 is 1.86 bits per heavy atom. The smallest absolute Gasteiger partial charge is 0.415 e. The largest absolute Gasteiger partial charge is 0.462 e. The van der Waals surface area contributed by atoms with E-state index >= 15 is 0 Å². The predicted molar refractivity (Wildman–Crippen MR) is 82.1 cm³/mol. The Balaban J connectivity index is 1.85. The first-order valence-corrected chi connectivity index (χ1v) is 7.65. The summed E-state index contributed by atoms with van der Waals surface area (Å²) in [5, 5.41) is 3.17. The van der Waals surface area contributed by atoms with Gasteiger partial charge in [-0.05, 0) is 30.7 Å². The molecule has 1 heterocycles. The van der Waals surface area contributed by atoms with Gasteiger partial charge in [0.1, 0.15) is 5.75 Å². The van der Waals surface area contributed by atoms with Crippen LogP contribution in [0, 0.1) is 0 Å². The van der Waals surface area contributed by atoms with Crippen LogP contribution in [0.25, 0.3) is 0 Å². The molecule has 6 nitrogen and oxygen atoms in total. The maximum absolute atomic E-state index is 11.9. The molecule has 1 aliphatic rings. The number of piperazine rings is 1. The van der Waals surface area contributed by atoms with Crippen molar-refractivity contribution in [2.75, 3.05) is 32.8 Å². The minimum atomic E-state index is -0.361. The molecule has 0 bridgehead atoms. The number of rotatable bonds is 5. The van der Waals surface area contributed by atoms with Gasteiger partial charge in [-0.1, -0.05) is 13.3 Å². The fourth-order valence-corrected chi connectivity index (χ4v) is 2.06. The van der Waals surface area contributed by atoms with Crippen LogP contribution in [0.5, 0.6) is 5.75 Å². The summed E-state index contributed by atoms with van der Waals surface area (Å²) in [5.74, 6) is 0.0714. The highest BCUT2D eigenvalue weighted by molar-refractivity contribution is 5.89. The van der Waals surface area contributed by atoms with Gasteiger partial charge in [0.05, 0.1) is 12.2 Å². The number of nitrogens with one attached hydrogen (secondary N) is 1. The topological polar surface area (TPSA) is 67.9 Å². The normalized spacial score (nSPS) is 14.5. The molecular weight excluding hydrogens is 284 g/mol. The number of unbranched alkanes of at least 4 members (excludes halogenated alkanes) is 1. The van der Waals surface area contributed by atoms with E-state index in [2.05, 4.69) is 5.32 Å². The predicted octanol–water partition coefficient (Wildman–Crippen LogP) is 2.05. The Bertz CT molecular complexity index is 495. The molecule has 1 amide bonds. The minimum absolute atomic E-state index is 0.353. The molecule has 1 aromatic rings. The summed E-state index contributed by atoms with van der Waals surface area (Å²) in [6, 6.07) is 6.43. The third-order valence-electron chi connectivity index (χ3n) is 3.40. The van der Waals surface area contributed by atoms with Crippen molar-refractivity contribution in [2.45, 2.75) is 19.8 Å². The molecule has 6 heteroatoms. The van der Waals surface area contributed by atoms with Gasteiger partial charge < -0.3 is 19.7 Å². The maximum Gasteiger partial charge on any atom is 0.415 e. The second kappa shape index (κ2) is 8.38. The molecule has 22 heavy (non-hydrogen) atoms. The number of carbonyl (C=O) groups is 2. The zero-order valence-electron chi connectivity index (χ0n) is 12.8. The van der Waals surface area contributed by atoms with E-state index in [0.717, 1.165) is 25.9 Å². The van der Waals surface area contributed by atoms with E-state index in [4.69, 9.17) is 9.47 Å². The van der Waals surface area contributed by atoms with Crippen LogP contribution >= 0.6 is 0 Å². The Labute approximate surface area is 130 Å². The van der Waals surface area contributed by atoms with Crippen LogP contribution in [0.15, 0.2) is 24.3 Å². The number of benzene rings is 1. The molecule has 1 fully saturated rings. The molecule has 1 aromatic carbocycles. The molecule has 0 aliphatic carbocycles. The fraction of sp³-hybridized carbons (Fsp3) is 0.500. The molecule has 1 N–H and O–H groups in total. The lowest BCUT2D eigenvalue weighted by Gasteiger charge is -2.26. The highest BCUT2D eigenvalue weighted by Gasteiger charge is 2.18. The van der Waals surface area contributed by atoms with E-state index in [1.165, 1.54) is 0 Å². The highest BCUT2D eigenvalue weighted by atomic mass is 16.6. The number of hydrogen-bond acceptors (Lipinski definition) is 5. The van der Waals surface area contributed by atoms with E-state index in [1.807, 2.05) is 6.92 Å². The van der Waals surface area contributed by atoms with E-state index < -0.39 is 0 Å². The van der Waals surface area contributed by atoms with Crippen LogP contribution < -0.4 is 10.1 Å². The van der Waals surface area contributed by atoms with Crippen LogP contribution in [0.1, 0.15) is 30.1 Å². The average molecular weight is 306 g/mol. The number of ether oxygens (including phenoxy) is 2. The molecule has 2 rings (SSSR count). The quantitative estimate of drug-likeness (QED) is 0.666. The Morgan fingerprint density at radius 1 is 1.18 bits per heavy atom. The lowest BCUT2D eigenvalue weighted by atomic mass is 10.2.